The molecular weight excluding hydrogens is 455 g/mol. The normalized spacial score (nSPS) is 18.3. The number of nitrogens with zero attached hydrogens (tertiary/aromatic N) is 2. The van der Waals surface area contributed by atoms with Crippen molar-refractivity contribution in [1.29, 1.82) is 0 Å². The van der Waals surface area contributed by atoms with Crippen LogP contribution < -0.4 is 10.6 Å². The van der Waals surface area contributed by atoms with Crippen molar-refractivity contribution in [1.82, 2.24) is 14.6 Å². The van der Waals surface area contributed by atoms with Crippen LogP contribution in [0, 0.1) is 24.6 Å². The van der Waals surface area contributed by atoms with Gasteiger partial charge in [0.25, 0.3) is 0 Å². The number of hydrogen-bond donors (Lipinski definition) is 2. The fraction of sp³-hybridized carbons (Fsp3) is 0.476. The molecule has 1 aliphatic rings. The average Bonchev–Trinajstić information content (AvgIpc) is 3.16. The summed E-state index contributed by atoms with van der Waals surface area (Å²) in [4.78, 5) is 29.9. The third-order valence-electron chi connectivity index (χ3n) is 5.30. The predicted octanol–water partition coefficient (Wildman–Crippen LogP) is 2.77. The number of amides is 2. The van der Waals surface area contributed by atoms with Crippen molar-refractivity contribution in [3.05, 3.63) is 41.2 Å². The van der Waals surface area contributed by atoms with Gasteiger partial charge in [-0.15, -0.1) is 11.3 Å². The largest absolute Gasteiger partial charge is 0.344 e. The fourth-order valence-electron chi connectivity index (χ4n) is 3.53. The SMILES string of the molecule is Cc1csc(NC(=O)[C@H](NC(=O)[C@H]2CCCN(S(=O)(=O)c3ccc(F)cc3)C2)C(C)C)n1. The van der Waals surface area contributed by atoms with Crippen molar-refractivity contribution in [3.8, 4) is 0 Å². The lowest BCUT2D eigenvalue weighted by Crippen LogP contribution is -2.52. The Bertz CT molecular complexity index is 1070. The molecule has 1 aromatic carbocycles. The minimum Gasteiger partial charge on any atom is -0.344 e. The zero-order valence-corrected chi connectivity index (χ0v) is 19.8. The number of anilines is 1. The van der Waals surface area contributed by atoms with E-state index in [0.717, 1.165) is 17.8 Å². The van der Waals surface area contributed by atoms with Crippen LogP contribution in [0.25, 0.3) is 0 Å². The van der Waals surface area contributed by atoms with E-state index in [4.69, 9.17) is 0 Å². The molecule has 174 valence electrons. The van der Waals surface area contributed by atoms with Gasteiger partial charge < -0.3 is 10.6 Å². The number of thiazole rings is 1. The Kier molecular flexibility index (Phi) is 7.63. The van der Waals surface area contributed by atoms with E-state index in [1.165, 1.54) is 27.8 Å². The zero-order valence-electron chi connectivity index (χ0n) is 18.2. The molecule has 11 heteroatoms. The maximum atomic E-state index is 13.2. The van der Waals surface area contributed by atoms with Crippen LogP contribution in [-0.4, -0.2) is 48.7 Å². The van der Waals surface area contributed by atoms with Crippen molar-refractivity contribution >= 4 is 38.3 Å². The standard InChI is InChI=1S/C21H27FN4O4S2/c1-13(2)18(20(28)25-21-23-14(3)12-31-21)24-19(27)15-5-4-10-26(11-15)32(29,30)17-8-6-16(22)7-9-17/h6-9,12-13,15,18H,4-5,10-11H2,1-3H3,(H,24,27)(H,23,25,28)/t15-,18+/m0/s1. The molecule has 0 aliphatic carbocycles. The third-order valence-corrected chi connectivity index (χ3v) is 8.06. The molecule has 2 aromatic rings. The van der Waals surface area contributed by atoms with E-state index in [0.29, 0.717) is 18.0 Å². The van der Waals surface area contributed by atoms with Crippen LogP contribution >= 0.6 is 11.3 Å². The first kappa shape index (κ1) is 24.3. The Morgan fingerprint density at radius 1 is 1.25 bits per heavy atom. The summed E-state index contributed by atoms with van der Waals surface area (Å²) >= 11 is 1.30. The number of carbonyl (C=O) groups is 2. The molecule has 0 bridgehead atoms. The van der Waals surface area contributed by atoms with Crippen LogP contribution in [0.4, 0.5) is 9.52 Å². The fourth-order valence-corrected chi connectivity index (χ4v) is 5.75. The van der Waals surface area contributed by atoms with Gasteiger partial charge in [-0.1, -0.05) is 13.8 Å². The van der Waals surface area contributed by atoms with E-state index in [-0.39, 0.29) is 35.7 Å². The van der Waals surface area contributed by atoms with Gasteiger partial charge in [0.2, 0.25) is 21.8 Å². The summed E-state index contributed by atoms with van der Waals surface area (Å²) in [6.07, 6.45) is 1.02. The number of nitrogens with one attached hydrogen (secondary N) is 2. The summed E-state index contributed by atoms with van der Waals surface area (Å²) in [5.41, 5.74) is 0.792. The van der Waals surface area contributed by atoms with Crippen LogP contribution in [0.2, 0.25) is 0 Å². The van der Waals surface area contributed by atoms with Gasteiger partial charge in [0.1, 0.15) is 11.9 Å². The van der Waals surface area contributed by atoms with Gasteiger partial charge in [0.05, 0.1) is 16.5 Å². The Labute approximate surface area is 191 Å². The first-order chi connectivity index (χ1) is 15.1. The summed E-state index contributed by atoms with van der Waals surface area (Å²) in [6, 6.07) is 3.84. The molecule has 2 heterocycles. The minimum atomic E-state index is -3.84. The third kappa shape index (κ3) is 5.70. The second-order valence-corrected chi connectivity index (χ2v) is 11.0. The number of halogens is 1. The molecule has 3 rings (SSSR count). The number of benzene rings is 1. The number of carbonyl (C=O) groups excluding carboxylic acids is 2. The van der Waals surface area contributed by atoms with Crippen molar-refractivity contribution in [2.45, 2.75) is 44.6 Å². The molecule has 1 saturated heterocycles. The van der Waals surface area contributed by atoms with Crippen LogP contribution in [0.15, 0.2) is 34.5 Å². The lowest BCUT2D eigenvalue weighted by molar-refractivity contribution is -0.130. The molecule has 1 aromatic heterocycles. The number of piperidine rings is 1. The topological polar surface area (TPSA) is 108 Å². The highest BCUT2D eigenvalue weighted by molar-refractivity contribution is 7.89. The summed E-state index contributed by atoms with van der Waals surface area (Å²) in [5, 5.41) is 7.79. The van der Waals surface area contributed by atoms with E-state index in [1.807, 2.05) is 26.2 Å². The van der Waals surface area contributed by atoms with Crippen molar-refractivity contribution < 1.29 is 22.4 Å². The van der Waals surface area contributed by atoms with Crippen LogP contribution in [-0.2, 0) is 19.6 Å². The number of aryl methyl sites for hydroxylation is 1. The average molecular weight is 483 g/mol. The summed E-state index contributed by atoms with van der Waals surface area (Å²) in [5.74, 6) is -2.02. The first-order valence-corrected chi connectivity index (χ1v) is 12.7. The van der Waals surface area contributed by atoms with Crippen molar-refractivity contribution in [2.24, 2.45) is 11.8 Å². The Balaban J connectivity index is 1.67. The molecule has 32 heavy (non-hydrogen) atoms. The van der Waals surface area contributed by atoms with Gasteiger partial charge in [0, 0.05) is 18.5 Å². The molecule has 2 amide bonds. The van der Waals surface area contributed by atoms with Gasteiger partial charge in [-0.25, -0.2) is 17.8 Å². The summed E-state index contributed by atoms with van der Waals surface area (Å²) < 4.78 is 40.2. The summed E-state index contributed by atoms with van der Waals surface area (Å²) in [6.45, 7) is 5.75. The van der Waals surface area contributed by atoms with Crippen LogP contribution in [0.5, 0.6) is 0 Å². The Morgan fingerprint density at radius 3 is 2.53 bits per heavy atom. The highest BCUT2D eigenvalue weighted by atomic mass is 32.2. The highest BCUT2D eigenvalue weighted by Gasteiger charge is 2.35. The van der Waals surface area contributed by atoms with Crippen LogP contribution in [0.1, 0.15) is 32.4 Å². The second-order valence-electron chi connectivity index (χ2n) is 8.17. The molecule has 2 N–H and O–H groups in total. The van der Waals surface area contributed by atoms with E-state index < -0.39 is 27.8 Å². The highest BCUT2D eigenvalue weighted by Crippen LogP contribution is 2.24. The smallest absolute Gasteiger partial charge is 0.248 e. The lowest BCUT2D eigenvalue weighted by atomic mass is 9.96. The van der Waals surface area contributed by atoms with E-state index in [1.54, 1.807) is 0 Å². The Morgan fingerprint density at radius 2 is 1.94 bits per heavy atom. The van der Waals surface area contributed by atoms with E-state index in [2.05, 4.69) is 15.6 Å². The van der Waals surface area contributed by atoms with E-state index in [9.17, 15) is 22.4 Å². The van der Waals surface area contributed by atoms with Gasteiger partial charge in [-0.2, -0.15) is 4.31 Å². The van der Waals surface area contributed by atoms with Gasteiger partial charge in [-0.3, -0.25) is 9.59 Å². The molecule has 2 atom stereocenters. The molecule has 0 unspecified atom stereocenters. The molecule has 0 radical (unpaired) electrons. The van der Waals surface area contributed by atoms with E-state index >= 15 is 0 Å². The second kappa shape index (κ2) is 10.1. The van der Waals surface area contributed by atoms with Crippen molar-refractivity contribution in [3.63, 3.8) is 0 Å². The number of rotatable bonds is 7. The maximum absolute atomic E-state index is 13.2. The van der Waals surface area contributed by atoms with Crippen LogP contribution in [0.3, 0.4) is 0 Å². The number of aromatic nitrogens is 1. The van der Waals surface area contributed by atoms with Gasteiger partial charge in [-0.05, 0) is 49.9 Å². The zero-order chi connectivity index (χ0) is 23.5. The maximum Gasteiger partial charge on any atom is 0.248 e. The quantitative estimate of drug-likeness (QED) is 0.631. The molecule has 1 fully saturated rings. The Hall–Kier alpha value is -2.37. The molecule has 0 saturated carbocycles. The molecule has 1 aliphatic heterocycles. The monoisotopic (exact) mass is 482 g/mol. The number of hydrogen-bond acceptors (Lipinski definition) is 6. The lowest BCUT2D eigenvalue weighted by Gasteiger charge is -2.32. The molecule has 8 nitrogen and oxygen atoms in total. The first-order valence-electron chi connectivity index (χ1n) is 10.4. The van der Waals surface area contributed by atoms with Gasteiger partial charge >= 0.3 is 0 Å². The van der Waals surface area contributed by atoms with Crippen molar-refractivity contribution in [2.75, 3.05) is 18.4 Å². The predicted molar refractivity (Wildman–Crippen MR) is 120 cm³/mol. The summed E-state index contributed by atoms with van der Waals surface area (Å²) in [7, 11) is -3.84. The minimum absolute atomic E-state index is 0.00362. The molecular formula is C21H27FN4O4S2. The number of sulfonamides is 1. The van der Waals surface area contributed by atoms with Gasteiger partial charge in [0.15, 0.2) is 5.13 Å². The molecule has 0 spiro atoms.